The van der Waals surface area contributed by atoms with Gasteiger partial charge in [-0.15, -0.1) is 22.7 Å². The minimum absolute atomic E-state index is 0.0225. The maximum atomic E-state index is 10.8. The molecule has 0 fully saturated rings. The van der Waals surface area contributed by atoms with Crippen molar-refractivity contribution in [1.29, 1.82) is 0 Å². The maximum Gasteiger partial charge on any atom is 0.217 e. The van der Waals surface area contributed by atoms with Crippen LogP contribution < -0.4 is 11.1 Å². The second kappa shape index (κ2) is 4.63. The molecule has 0 spiro atoms. The quantitative estimate of drug-likeness (QED) is 0.880. The van der Waals surface area contributed by atoms with E-state index >= 15 is 0 Å². The van der Waals surface area contributed by atoms with Crippen molar-refractivity contribution in [2.75, 3.05) is 5.73 Å². The van der Waals surface area contributed by atoms with Crippen molar-refractivity contribution in [2.24, 2.45) is 0 Å². The number of amides is 1. The van der Waals surface area contributed by atoms with Gasteiger partial charge in [0.15, 0.2) is 5.13 Å². The van der Waals surface area contributed by atoms with Gasteiger partial charge in [-0.1, -0.05) is 0 Å². The van der Waals surface area contributed by atoms with Crippen LogP contribution in [-0.4, -0.2) is 10.9 Å². The van der Waals surface area contributed by atoms with Crippen molar-refractivity contribution in [1.82, 2.24) is 10.3 Å². The molecular formula is C10H11N3OS2. The number of thiazole rings is 1. The van der Waals surface area contributed by atoms with Crippen LogP contribution in [0.5, 0.6) is 0 Å². The zero-order chi connectivity index (χ0) is 11.5. The predicted molar refractivity (Wildman–Crippen MR) is 67.4 cm³/mol. The Hall–Kier alpha value is -1.40. The zero-order valence-corrected chi connectivity index (χ0v) is 10.3. The van der Waals surface area contributed by atoms with E-state index in [9.17, 15) is 4.79 Å². The van der Waals surface area contributed by atoms with Gasteiger partial charge < -0.3 is 11.1 Å². The van der Waals surface area contributed by atoms with Crippen molar-refractivity contribution in [2.45, 2.75) is 13.5 Å². The minimum atomic E-state index is -0.0225. The molecule has 2 rings (SSSR count). The molecule has 2 aromatic heterocycles. The van der Waals surface area contributed by atoms with E-state index in [1.165, 1.54) is 18.3 Å². The van der Waals surface area contributed by atoms with E-state index < -0.39 is 0 Å². The van der Waals surface area contributed by atoms with Gasteiger partial charge in [0, 0.05) is 18.8 Å². The van der Waals surface area contributed by atoms with Crippen molar-refractivity contribution >= 4 is 33.7 Å². The van der Waals surface area contributed by atoms with Crippen molar-refractivity contribution in [3.05, 3.63) is 22.4 Å². The summed E-state index contributed by atoms with van der Waals surface area (Å²) in [6.07, 6.45) is 0. The lowest BCUT2D eigenvalue weighted by Crippen LogP contribution is -2.18. The molecule has 84 valence electrons. The third-order valence-corrected chi connectivity index (χ3v) is 3.65. The van der Waals surface area contributed by atoms with E-state index in [4.69, 9.17) is 5.73 Å². The van der Waals surface area contributed by atoms with Gasteiger partial charge in [-0.25, -0.2) is 4.98 Å². The second-order valence-electron chi connectivity index (χ2n) is 3.30. The Kier molecular flexibility index (Phi) is 3.21. The normalized spacial score (nSPS) is 10.3. The highest BCUT2D eigenvalue weighted by atomic mass is 32.1. The highest BCUT2D eigenvalue weighted by Gasteiger charge is 2.06. The summed E-state index contributed by atoms with van der Waals surface area (Å²) in [5.74, 6) is -0.0225. The van der Waals surface area contributed by atoms with E-state index in [0.29, 0.717) is 11.7 Å². The molecule has 0 aliphatic rings. The Morgan fingerprint density at radius 3 is 2.94 bits per heavy atom. The van der Waals surface area contributed by atoms with Crippen LogP contribution in [0.4, 0.5) is 5.13 Å². The van der Waals surface area contributed by atoms with Gasteiger partial charge in [0.25, 0.3) is 0 Å². The minimum Gasteiger partial charge on any atom is -0.375 e. The lowest BCUT2D eigenvalue weighted by atomic mass is 10.3. The Bertz CT molecular complexity index is 504. The number of carbonyl (C=O) groups is 1. The topological polar surface area (TPSA) is 68.0 Å². The molecule has 2 aromatic rings. The molecule has 0 atom stereocenters. The number of nitrogens with zero attached hydrogens (tertiary/aromatic N) is 1. The molecule has 0 radical (unpaired) electrons. The van der Waals surface area contributed by atoms with Crippen molar-refractivity contribution in [3.63, 3.8) is 0 Å². The molecule has 16 heavy (non-hydrogen) atoms. The average molecular weight is 253 g/mol. The summed E-state index contributed by atoms with van der Waals surface area (Å²) in [6, 6.07) is 2.02. The molecule has 0 bridgehead atoms. The first-order chi connectivity index (χ1) is 7.65. The van der Waals surface area contributed by atoms with E-state index in [1.54, 1.807) is 11.3 Å². The first-order valence-corrected chi connectivity index (χ1v) is 6.44. The molecule has 0 aliphatic heterocycles. The SMILES string of the molecule is CC(=O)NCc1csc(-c2csc(N)n2)c1. The summed E-state index contributed by atoms with van der Waals surface area (Å²) in [7, 11) is 0. The Balaban J connectivity index is 2.10. The second-order valence-corrected chi connectivity index (χ2v) is 5.10. The smallest absolute Gasteiger partial charge is 0.217 e. The molecule has 0 aliphatic carbocycles. The molecular weight excluding hydrogens is 242 g/mol. The van der Waals surface area contributed by atoms with Crippen LogP contribution in [0.1, 0.15) is 12.5 Å². The lowest BCUT2D eigenvalue weighted by molar-refractivity contribution is -0.119. The molecule has 0 saturated heterocycles. The fourth-order valence-electron chi connectivity index (χ4n) is 1.23. The summed E-state index contributed by atoms with van der Waals surface area (Å²) >= 11 is 3.04. The highest BCUT2D eigenvalue weighted by Crippen LogP contribution is 2.28. The molecule has 1 amide bonds. The number of nitrogens with one attached hydrogen (secondary N) is 1. The van der Waals surface area contributed by atoms with Gasteiger partial charge >= 0.3 is 0 Å². The maximum absolute atomic E-state index is 10.8. The molecule has 6 heteroatoms. The molecule has 0 aromatic carbocycles. The molecule has 0 saturated carbocycles. The number of rotatable bonds is 3. The van der Waals surface area contributed by atoms with Crippen LogP contribution in [0, 0.1) is 0 Å². The summed E-state index contributed by atoms with van der Waals surface area (Å²) in [4.78, 5) is 16.0. The van der Waals surface area contributed by atoms with Crippen LogP contribution in [0.25, 0.3) is 10.6 Å². The highest BCUT2D eigenvalue weighted by molar-refractivity contribution is 7.15. The number of thiophene rings is 1. The molecule has 2 heterocycles. The number of anilines is 1. The first kappa shape index (κ1) is 11.1. The third kappa shape index (κ3) is 2.59. The van der Waals surface area contributed by atoms with Gasteiger partial charge in [-0.05, 0) is 17.0 Å². The summed E-state index contributed by atoms with van der Waals surface area (Å²) in [5, 5.41) is 7.28. The van der Waals surface area contributed by atoms with Crippen molar-refractivity contribution < 1.29 is 4.79 Å². The van der Waals surface area contributed by atoms with Crippen molar-refractivity contribution in [3.8, 4) is 10.6 Å². The number of aromatic nitrogens is 1. The standard InChI is InChI=1S/C10H11N3OS2/c1-6(14)12-3-7-2-9(15-4-7)8-5-16-10(11)13-8/h2,4-5H,3H2,1H3,(H2,11,13)(H,12,14). The van der Waals surface area contributed by atoms with Crippen LogP contribution in [0.15, 0.2) is 16.8 Å². The summed E-state index contributed by atoms with van der Waals surface area (Å²) < 4.78 is 0. The monoisotopic (exact) mass is 253 g/mol. The fourth-order valence-corrected chi connectivity index (χ4v) is 2.74. The lowest BCUT2D eigenvalue weighted by Gasteiger charge is -1.97. The molecule has 4 nitrogen and oxygen atoms in total. The first-order valence-electron chi connectivity index (χ1n) is 4.68. The van der Waals surface area contributed by atoms with Crippen LogP contribution >= 0.6 is 22.7 Å². The fraction of sp³-hybridized carbons (Fsp3) is 0.200. The van der Waals surface area contributed by atoms with Gasteiger partial charge in [0.2, 0.25) is 5.91 Å². The van der Waals surface area contributed by atoms with E-state index in [-0.39, 0.29) is 5.91 Å². The Labute approximate surface area is 101 Å². The van der Waals surface area contributed by atoms with E-state index in [0.717, 1.165) is 16.1 Å². The van der Waals surface area contributed by atoms with E-state index in [1.807, 2.05) is 16.8 Å². The average Bonchev–Trinajstić information content (AvgIpc) is 2.83. The Morgan fingerprint density at radius 1 is 1.50 bits per heavy atom. The molecule has 0 unspecified atom stereocenters. The molecule has 3 N–H and O–H groups in total. The number of carbonyl (C=O) groups excluding carboxylic acids is 1. The third-order valence-electron chi connectivity index (χ3n) is 1.97. The van der Waals surface area contributed by atoms with Crippen LogP contribution in [0.3, 0.4) is 0 Å². The van der Waals surface area contributed by atoms with Gasteiger partial charge in [-0.3, -0.25) is 4.79 Å². The number of nitrogens with two attached hydrogens (primary N) is 1. The van der Waals surface area contributed by atoms with Crippen LogP contribution in [0.2, 0.25) is 0 Å². The largest absolute Gasteiger partial charge is 0.375 e. The summed E-state index contributed by atoms with van der Waals surface area (Å²) in [6.45, 7) is 2.07. The van der Waals surface area contributed by atoms with Gasteiger partial charge in [0.05, 0.1) is 10.6 Å². The zero-order valence-electron chi connectivity index (χ0n) is 8.69. The number of nitrogen functional groups attached to an aromatic ring is 1. The van der Waals surface area contributed by atoms with E-state index in [2.05, 4.69) is 10.3 Å². The number of hydrogen-bond donors (Lipinski definition) is 2. The van der Waals surface area contributed by atoms with Gasteiger partial charge in [0.1, 0.15) is 0 Å². The number of hydrogen-bond acceptors (Lipinski definition) is 5. The van der Waals surface area contributed by atoms with Crippen LogP contribution in [-0.2, 0) is 11.3 Å². The Morgan fingerprint density at radius 2 is 2.31 bits per heavy atom. The summed E-state index contributed by atoms with van der Waals surface area (Å²) in [5.41, 5.74) is 7.57. The van der Waals surface area contributed by atoms with Gasteiger partial charge in [-0.2, -0.15) is 0 Å². The predicted octanol–water partition coefficient (Wildman–Crippen LogP) is 2.09.